The molecule has 0 saturated carbocycles. The number of carbonyl (C=O) groups excluding carboxylic acids is 2. The number of sulfonamides is 1. The summed E-state index contributed by atoms with van der Waals surface area (Å²) in [4.78, 5) is 31.6. The number of nitrogens with two attached hydrogens (primary N) is 1. The highest BCUT2D eigenvalue weighted by molar-refractivity contribution is 8.16. The van der Waals surface area contributed by atoms with Gasteiger partial charge in [-0.05, 0) is 69.4 Å². The molecule has 1 atom stereocenters. The molecular formula is C30H39N5O4S2. The van der Waals surface area contributed by atoms with E-state index in [1.807, 2.05) is 39.0 Å². The molecule has 2 aromatic carbocycles. The second kappa shape index (κ2) is 13.2. The van der Waals surface area contributed by atoms with Gasteiger partial charge >= 0.3 is 0 Å². The van der Waals surface area contributed by atoms with E-state index < -0.39 is 21.2 Å². The lowest BCUT2D eigenvalue weighted by Crippen LogP contribution is -2.36. The standard InChI is InChI=1S/C30H39N5O4S2/c1-5-6-14-32-28(36)25-26(31)27(40-30(25)34-23-13-10-19(2)17-21(23)4)29(37)33-22-12-11-20(3)24(18-22)41(38,39)35-15-8-7-9-16-35/h10-13,17-18,27H,5-9,14-16,31H2,1-4H3,(H,32,36)(H,33,37)/t27-/m0/s1. The number of carbonyl (C=O) groups is 2. The summed E-state index contributed by atoms with van der Waals surface area (Å²) >= 11 is 1.12. The van der Waals surface area contributed by atoms with Gasteiger partial charge in [-0.25, -0.2) is 13.4 Å². The molecule has 0 aliphatic carbocycles. The first kappa shape index (κ1) is 30.8. The minimum atomic E-state index is -3.69. The molecule has 2 aliphatic heterocycles. The largest absolute Gasteiger partial charge is 0.400 e. The van der Waals surface area contributed by atoms with Crippen LogP contribution in [0.15, 0.2) is 57.6 Å². The number of amides is 2. The van der Waals surface area contributed by atoms with Crippen molar-refractivity contribution in [1.82, 2.24) is 9.62 Å². The van der Waals surface area contributed by atoms with Crippen LogP contribution in [0.2, 0.25) is 0 Å². The van der Waals surface area contributed by atoms with Gasteiger partial charge in [0, 0.05) is 31.0 Å². The third-order valence-corrected chi connectivity index (χ3v) is 10.5. The van der Waals surface area contributed by atoms with Gasteiger partial charge in [0.15, 0.2) is 0 Å². The molecule has 4 N–H and O–H groups in total. The van der Waals surface area contributed by atoms with Gasteiger partial charge in [0.05, 0.1) is 16.2 Å². The zero-order chi connectivity index (χ0) is 29.7. The van der Waals surface area contributed by atoms with E-state index in [-0.39, 0.29) is 22.1 Å². The van der Waals surface area contributed by atoms with E-state index in [1.165, 1.54) is 10.4 Å². The summed E-state index contributed by atoms with van der Waals surface area (Å²) in [6.45, 7) is 9.18. The van der Waals surface area contributed by atoms with E-state index in [2.05, 4.69) is 10.6 Å². The molecule has 2 heterocycles. The van der Waals surface area contributed by atoms with Crippen molar-refractivity contribution < 1.29 is 18.0 Å². The number of nitrogens with one attached hydrogen (secondary N) is 2. The summed E-state index contributed by atoms with van der Waals surface area (Å²) in [5, 5.41) is 5.19. The SMILES string of the molecule is CCCCNC(=O)C1=C(N)[C@@H](C(=O)Nc2ccc(C)c(S(=O)(=O)N3CCCCC3)c2)SC1=Nc1ccc(C)cc1C. The van der Waals surface area contributed by atoms with Crippen LogP contribution >= 0.6 is 11.8 Å². The van der Waals surface area contributed by atoms with Crippen LogP contribution < -0.4 is 16.4 Å². The van der Waals surface area contributed by atoms with E-state index >= 15 is 0 Å². The Kier molecular flexibility index (Phi) is 9.93. The van der Waals surface area contributed by atoms with Crippen LogP contribution in [0.1, 0.15) is 55.7 Å². The number of hydrogen-bond donors (Lipinski definition) is 3. The molecule has 1 fully saturated rings. The maximum atomic E-state index is 13.5. The lowest BCUT2D eigenvalue weighted by Gasteiger charge is -2.26. The number of nitrogens with zero attached hydrogens (tertiary/aromatic N) is 2. The van der Waals surface area contributed by atoms with Gasteiger partial charge in [0.25, 0.3) is 5.91 Å². The molecule has 0 aromatic heterocycles. The van der Waals surface area contributed by atoms with Crippen LogP contribution in [0.25, 0.3) is 0 Å². The zero-order valence-corrected chi connectivity index (χ0v) is 25.8. The molecule has 1 saturated heterocycles. The highest BCUT2D eigenvalue weighted by atomic mass is 32.2. The fraction of sp³-hybridized carbons (Fsp3) is 0.433. The first-order valence-electron chi connectivity index (χ1n) is 14.1. The molecule has 9 nitrogen and oxygen atoms in total. The van der Waals surface area contributed by atoms with E-state index in [9.17, 15) is 18.0 Å². The highest BCUT2D eigenvalue weighted by Crippen LogP contribution is 2.36. The Morgan fingerprint density at radius 2 is 1.78 bits per heavy atom. The Morgan fingerprint density at radius 3 is 2.46 bits per heavy atom. The molecule has 2 aromatic rings. The van der Waals surface area contributed by atoms with Gasteiger partial charge in [-0.2, -0.15) is 4.31 Å². The maximum absolute atomic E-state index is 13.5. The number of hydrogen-bond acceptors (Lipinski definition) is 7. The van der Waals surface area contributed by atoms with Crippen LogP contribution in [0, 0.1) is 20.8 Å². The molecule has 0 unspecified atom stereocenters. The quantitative estimate of drug-likeness (QED) is 0.359. The number of unbranched alkanes of at least 4 members (excludes halogenated alkanes) is 1. The Morgan fingerprint density at radius 1 is 1.05 bits per heavy atom. The fourth-order valence-electron chi connectivity index (χ4n) is 4.91. The molecule has 0 radical (unpaired) electrons. The number of aryl methyl sites for hydroxylation is 3. The van der Waals surface area contributed by atoms with Crippen molar-refractivity contribution >= 4 is 50.0 Å². The summed E-state index contributed by atoms with van der Waals surface area (Å²) in [5.74, 6) is -0.824. The minimum absolute atomic E-state index is 0.123. The van der Waals surface area contributed by atoms with Crippen molar-refractivity contribution in [2.45, 2.75) is 69.9 Å². The predicted molar refractivity (Wildman–Crippen MR) is 166 cm³/mol. The maximum Gasteiger partial charge on any atom is 0.255 e. The number of aliphatic imine (C=N–C) groups is 1. The van der Waals surface area contributed by atoms with E-state index in [1.54, 1.807) is 19.1 Å². The van der Waals surface area contributed by atoms with E-state index in [0.717, 1.165) is 55.0 Å². The average molecular weight is 598 g/mol. The van der Waals surface area contributed by atoms with Crippen LogP contribution in [-0.4, -0.2) is 54.5 Å². The highest BCUT2D eigenvalue weighted by Gasteiger charge is 2.38. The third kappa shape index (κ3) is 7.02. The topological polar surface area (TPSA) is 134 Å². The predicted octanol–water partition coefficient (Wildman–Crippen LogP) is 4.70. The monoisotopic (exact) mass is 597 g/mol. The molecule has 41 heavy (non-hydrogen) atoms. The zero-order valence-electron chi connectivity index (χ0n) is 24.1. The number of rotatable bonds is 9. The molecule has 4 rings (SSSR count). The Balaban J connectivity index is 1.62. The van der Waals surface area contributed by atoms with E-state index in [4.69, 9.17) is 10.7 Å². The molecule has 220 valence electrons. The van der Waals surface area contributed by atoms with Crippen LogP contribution in [-0.2, 0) is 19.6 Å². The number of benzene rings is 2. The molecule has 11 heteroatoms. The fourth-order valence-corrected chi connectivity index (χ4v) is 7.79. The van der Waals surface area contributed by atoms with Crippen LogP contribution in [0.4, 0.5) is 11.4 Å². The van der Waals surface area contributed by atoms with Crippen molar-refractivity contribution in [3.05, 3.63) is 64.4 Å². The van der Waals surface area contributed by atoms with Crippen molar-refractivity contribution in [3.63, 3.8) is 0 Å². The average Bonchev–Trinajstić information content (AvgIpc) is 3.27. The molecule has 2 aliphatic rings. The minimum Gasteiger partial charge on any atom is -0.400 e. The summed E-state index contributed by atoms with van der Waals surface area (Å²) in [5.41, 5.74) is 10.5. The lowest BCUT2D eigenvalue weighted by atomic mass is 10.1. The smallest absolute Gasteiger partial charge is 0.255 e. The lowest BCUT2D eigenvalue weighted by molar-refractivity contribution is -0.117. The van der Waals surface area contributed by atoms with Gasteiger partial charge in [-0.15, -0.1) is 0 Å². The van der Waals surface area contributed by atoms with Crippen molar-refractivity contribution in [1.29, 1.82) is 0 Å². The van der Waals surface area contributed by atoms with Crippen molar-refractivity contribution in [2.75, 3.05) is 25.0 Å². The van der Waals surface area contributed by atoms with Gasteiger partial charge in [-0.1, -0.05) is 55.3 Å². The van der Waals surface area contributed by atoms with Gasteiger partial charge in [0.1, 0.15) is 10.3 Å². The second-order valence-electron chi connectivity index (χ2n) is 10.6. The molecule has 0 bridgehead atoms. The first-order chi connectivity index (χ1) is 19.5. The number of piperidine rings is 1. The van der Waals surface area contributed by atoms with Crippen molar-refractivity contribution in [2.24, 2.45) is 10.7 Å². The van der Waals surface area contributed by atoms with Gasteiger partial charge < -0.3 is 16.4 Å². The van der Waals surface area contributed by atoms with Gasteiger partial charge in [-0.3, -0.25) is 9.59 Å². The van der Waals surface area contributed by atoms with Crippen LogP contribution in [0.3, 0.4) is 0 Å². The van der Waals surface area contributed by atoms with Crippen molar-refractivity contribution in [3.8, 4) is 0 Å². The summed E-state index contributed by atoms with van der Waals surface area (Å²) < 4.78 is 28.2. The number of anilines is 1. The second-order valence-corrected chi connectivity index (χ2v) is 13.6. The first-order valence-corrected chi connectivity index (χ1v) is 16.4. The van der Waals surface area contributed by atoms with Crippen LogP contribution in [0.5, 0.6) is 0 Å². The normalized spacial score (nSPS) is 19.0. The van der Waals surface area contributed by atoms with E-state index in [0.29, 0.717) is 41.6 Å². The Labute approximate surface area is 247 Å². The Bertz CT molecular complexity index is 1490. The molecular weight excluding hydrogens is 558 g/mol. The molecule has 0 spiro atoms. The van der Waals surface area contributed by atoms with Gasteiger partial charge in [0.2, 0.25) is 15.9 Å². The summed E-state index contributed by atoms with van der Waals surface area (Å²) in [6, 6.07) is 10.7. The third-order valence-electron chi connectivity index (χ3n) is 7.26. The summed E-state index contributed by atoms with van der Waals surface area (Å²) in [6.07, 6.45) is 4.42. The Hall–Kier alpha value is -3.15. The molecule has 2 amide bonds. The number of thioether (sulfide) groups is 1. The summed E-state index contributed by atoms with van der Waals surface area (Å²) in [7, 11) is -3.69.